The molecule has 2 aliphatic rings. The van der Waals surface area contributed by atoms with E-state index in [0.29, 0.717) is 36.6 Å². The van der Waals surface area contributed by atoms with Crippen LogP contribution in [0.4, 0.5) is 0 Å². The summed E-state index contributed by atoms with van der Waals surface area (Å²) in [5.41, 5.74) is 2.14. The summed E-state index contributed by atoms with van der Waals surface area (Å²) in [7, 11) is 3.35. The van der Waals surface area contributed by atoms with Crippen molar-refractivity contribution in [3.63, 3.8) is 0 Å². The van der Waals surface area contributed by atoms with Crippen LogP contribution in [0.1, 0.15) is 29.9 Å². The molecule has 4 atom stereocenters. The van der Waals surface area contributed by atoms with Gasteiger partial charge < -0.3 is 19.7 Å². The van der Waals surface area contributed by atoms with Gasteiger partial charge in [0.15, 0.2) is 6.19 Å². The molecular weight excluding hydrogens is 402 g/mol. The molecule has 2 aromatic rings. The Kier molecular flexibility index (Phi) is 6.84. The normalized spacial score (nSPS) is 24.3. The van der Waals surface area contributed by atoms with E-state index in [-0.39, 0.29) is 5.91 Å². The van der Waals surface area contributed by atoms with Crippen molar-refractivity contribution in [3.8, 4) is 17.7 Å². The van der Waals surface area contributed by atoms with Crippen molar-refractivity contribution in [2.24, 2.45) is 17.8 Å². The summed E-state index contributed by atoms with van der Waals surface area (Å²) in [4.78, 5) is 15.3. The molecule has 1 N–H and O–H groups in total. The van der Waals surface area contributed by atoms with Crippen molar-refractivity contribution >= 4 is 5.91 Å². The fourth-order valence-electron chi connectivity index (χ4n) is 5.67. The minimum atomic E-state index is 0.148. The highest BCUT2D eigenvalue weighted by molar-refractivity contribution is 5.80. The van der Waals surface area contributed by atoms with Crippen LogP contribution in [0.5, 0.6) is 11.5 Å². The standard InChI is InChI=1S/C26H31N3O3/c1-31-24-9-5-3-7-19(24)13-26(30)29-15-20-11-18(14-28-17-27)12-22(23(20)16-29)21-8-4-6-10-25(21)32-2/h3-10,18,20,22-23,28H,11-16H2,1-2H3. The van der Waals surface area contributed by atoms with E-state index in [0.717, 1.165) is 43.0 Å². The lowest BCUT2D eigenvalue weighted by molar-refractivity contribution is -0.129. The summed E-state index contributed by atoms with van der Waals surface area (Å²) >= 11 is 0. The number of fused-ring (bicyclic) bond motifs is 1. The molecule has 4 unspecified atom stereocenters. The monoisotopic (exact) mass is 433 g/mol. The first-order chi connectivity index (χ1) is 15.6. The van der Waals surface area contributed by atoms with Gasteiger partial charge in [-0.2, -0.15) is 5.26 Å². The molecular formula is C26H31N3O3. The average Bonchev–Trinajstić information content (AvgIpc) is 3.27. The van der Waals surface area contributed by atoms with Crippen LogP contribution in [0, 0.1) is 29.2 Å². The molecule has 0 bridgehead atoms. The first-order valence-electron chi connectivity index (χ1n) is 11.3. The Morgan fingerprint density at radius 2 is 1.78 bits per heavy atom. The molecule has 32 heavy (non-hydrogen) atoms. The third-order valence-corrected chi connectivity index (χ3v) is 7.13. The van der Waals surface area contributed by atoms with Gasteiger partial charge in [0.1, 0.15) is 11.5 Å². The maximum absolute atomic E-state index is 13.2. The predicted octanol–water partition coefficient (Wildman–Crippen LogP) is 3.59. The van der Waals surface area contributed by atoms with Gasteiger partial charge in [-0.1, -0.05) is 36.4 Å². The summed E-state index contributed by atoms with van der Waals surface area (Å²) in [5, 5.41) is 11.9. The number of hydrogen-bond acceptors (Lipinski definition) is 5. The predicted molar refractivity (Wildman–Crippen MR) is 122 cm³/mol. The molecule has 1 aliphatic carbocycles. The van der Waals surface area contributed by atoms with Crippen molar-refractivity contribution in [2.75, 3.05) is 33.9 Å². The summed E-state index contributed by atoms with van der Waals surface area (Å²) in [5.74, 6) is 3.33. The summed E-state index contributed by atoms with van der Waals surface area (Å²) < 4.78 is 11.1. The number of ether oxygens (including phenoxy) is 2. The molecule has 0 aromatic heterocycles. The van der Waals surface area contributed by atoms with E-state index in [4.69, 9.17) is 14.7 Å². The van der Waals surface area contributed by atoms with Gasteiger partial charge in [0.25, 0.3) is 0 Å². The largest absolute Gasteiger partial charge is 0.496 e. The van der Waals surface area contributed by atoms with Gasteiger partial charge >= 0.3 is 0 Å². The second kappa shape index (κ2) is 9.95. The third kappa shape index (κ3) is 4.52. The number of amides is 1. The van der Waals surface area contributed by atoms with Gasteiger partial charge in [0.2, 0.25) is 5.91 Å². The second-order valence-corrected chi connectivity index (χ2v) is 8.89. The van der Waals surface area contributed by atoms with Gasteiger partial charge in [-0.15, -0.1) is 0 Å². The molecule has 6 nitrogen and oxygen atoms in total. The molecule has 4 rings (SSSR count). The Labute approximate surface area is 190 Å². The molecule has 1 aliphatic heterocycles. The number of hydrogen-bond donors (Lipinski definition) is 1. The quantitative estimate of drug-likeness (QED) is 0.534. The summed E-state index contributed by atoms with van der Waals surface area (Å²) in [6, 6.07) is 15.9. The van der Waals surface area contributed by atoms with Crippen LogP contribution < -0.4 is 14.8 Å². The van der Waals surface area contributed by atoms with Crippen molar-refractivity contribution in [1.82, 2.24) is 10.2 Å². The smallest absolute Gasteiger partial charge is 0.227 e. The average molecular weight is 434 g/mol. The van der Waals surface area contributed by atoms with Crippen molar-refractivity contribution < 1.29 is 14.3 Å². The lowest BCUT2D eigenvalue weighted by atomic mass is 9.66. The minimum absolute atomic E-state index is 0.148. The zero-order chi connectivity index (χ0) is 22.5. The Balaban J connectivity index is 1.55. The van der Waals surface area contributed by atoms with E-state index in [9.17, 15) is 4.79 Å². The van der Waals surface area contributed by atoms with Crippen LogP contribution in [0.3, 0.4) is 0 Å². The van der Waals surface area contributed by atoms with Crippen molar-refractivity contribution in [3.05, 3.63) is 59.7 Å². The van der Waals surface area contributed by atoms with E-state index in [1.54, 1.807) is 14.2 Å². The Bertz CT molecular complexity index is 986. The maximum Gasteiger partial charge on any atom is 0.227 e. The van der Waals surface area contributed by atoms with Gasteiger partial charge in [0, 0.05) is 25.2 Å². The second-order valence-electron chi connectivity index (χ2n) is 8.89. The lowest BCUT2D eigenvalue weighted by Gasteiger charge is -2.38. The van der Waals surface area contributed by atoms with E-state index in [1.807, 2.05) is 41.3 Å². The topological polar surface area (TPSA) is 74.6 Å². The number of rotatable bonds is 7. The van der Waals surface area contributed by atoms with Gasteiger partial charge in [0.05, 0.1) is 20.6 Å². The van der Waals surface area contributed by atoms with E-state index in [1.165, 1.54) is 5.56 Å². The van der Waals surface area contributed by atoms with E-state index < -0.39 is 0 Å². The molecule has 0 spiro atoms. The van der Waals surface area contributed by atoms with Crippen LogP contribution in [0.25, 0.3) is 0 Å². The first-order valence-corrected chi connectivity index (χ1v) is 11.3. The highest BCUT2D eigenvalue weighted by Gasteiger charge is 2.45. The number of methoxy groups -OCH3 is 2. The summed E-state index contributed by atoms with van der Waals surface area (Å²) in [6.07, 6.45) is 4.44. The Morgan fingerprint density at radius 3 is 2.53 bits per heavy atom. The number of benzene rings is 2. The Hall–Kier alpha value is -3.20. The number of carbonyl (C=O) groups excluding carboxylic acids is 1. The van der Waals surface area contributed by atoms with Crippen LogP contribution >= 0.6 is 0 Å². The van der Waals surface area contributed by atoms with Gasteiger partial charge in [-0.05, 0) is 54.2 Å². The molecule has 2 fully saturated rings. The fourth-order valence-corrected chi connectivity index (χ4v) is 5.67. The zero-order valence-electron chi connectivity index (χ0n) is 18.8. The maximum atomic E-state index is 13.2. The molecule has 1 saturated heterocycles. The fraction of sp³-hybridized carbons (Fsp3) is 0.462. The van der Waals surface area contributed by atoms with Crippen molar-refractivity contribution in [2.45, 2.75) is 25.2 Å². The third-order valence-electron chi connectivity index (χ3n) is 7.13. The lowest BCUT2D eigenvalue weighted by Crippen LogP contribution is -2.34. The first kappa shape index (κ1) is 22.0. The molecule has 1 heterocycles. The van der Waals surface area contributed by atoms with Crippen LogP contribution in [-0.2, 0) is 11.2 Å². The minimum Gasteiger partial charge on any atom is -0.496 e. The Morgan fingerprint density at radius 1 is 1.06 bits per heavy atom. The highest BCUT2D eigenvalue weighted by Crippen LogP contribution is 2.49. The highest BCUT2D eigenvalue weighted by atomic mass is 16.5. The van der Waals surface area contributed by atoms with Gasteiger partial charge in [-0.25, -0.2) is 0 Å². The van der Waals surface area contributed by atoms with Crippen LogP contribution in [0.2, 0.25) is 0 Å². The number of carbonyl (C=O) groups is 1. The number of nitrogens with one attached hydrogen (secondary N) is 1. The SMILES string of the molecule is COc1ccccc1CC(=O)N1CC2CC(CNC#N)CC(c3ccccc3OC)C2C1. The molecule has 1 saturated carbocycles. The number of para-hydroxylation sites is 2. The van der Waals surface area contributed by atoms with E-state index >= 15 is 0 Å². The number of nitrogens with zero attached hydrogens (tertiary/aromatic N) is 2. The van der Waals surface area contributed by atoms with Crippen LogP contribution in [0.15, 0.2) is 48.5 Å². The zero-order valence-corrected chi connectivity index (χ0v) is 18.8. The van der Waals surface area contributed by atoms with Crippen molar-refractivity contribution in [1.29, 1.82) is 5.26 Å². The molecule has 2 aromatic carbocycles. The van der Waals surface area contributed by atoms with Crippen LogP contribution in [-0.4, -0.2) is 44.7 Å². The van der Waals surface area contributed by atoms with E-state index in [2.05, 4.69) is 23.6 Å². The summed E-state index contributed by atoms with van der Waals surface area (Å²) in [6.45, 7) is 2.22. The molecule has 168 valence electrons. The van der Waals surface area contributed by atoms with Gasteiger partial charge in [-0.3, -0.25) is 4.79 Å². The molecule has 1 amide bonds. The number of nitriles is 1. The number of likely N-dealkylation sites (tertiary alicyclic amines) is 1. The molecule has 6 heteroatoms. The molecule has 0 radical (unpaired) electrons.